The predicted molar refractivity (Wildman–Crippen MR) is 108 cm³/mol. The summed E-state index contributed by atoms with van der Waals surface area (Å²) in [4.78, 5) is 26.7. The Hall–Kier alpha value is -2.16. The van der Waals surface area contributed by atoms with E-state index in [-0.39, 0.29) is 41.7 Å². The molecule has 1 aliphatic heterocycles. The van der Waals surface area contributed by atoms with Crippen LogP contribution in [0.15, 0.2) is 18.2 Å². The Kier molecular flexibility index (Phi) is 7.33. The van der Waals surface area contributed by atoms with Gasteiger partial charge >= 0.3 is 5.97 Å². The van der Waals surface area contributed by atoms with Gasteiger partial charge in [0.2, 0.25) is 0 Å². The summed E-state index contributed by atoms with van der Waals surface area (Å²) in [6, 6.07) is 3.80. The molecule has 1 aromatic carbocycles. The van der Waals surface area contributed by atoms with Crippen molar-refractivity contribution >= 4 is 21.7 Å². The molecule has 0 N–H and O–H groups in total. The molecule has 9 heteroatoms. The van der Waals surface area contributed by atoms with Crippen LogP contribution >= 0.6 is 0 Å². The Morgan fingerprint density at radius 3 is 2.47 bits per heavy atom. The molecule has 0 aromatic heterocycles. The van der Waals surface area contributed by atoms with Gasteiger partial charge in [0.25, 0.3) is 5.91 Å². The number of hydrogen-bond acceptors (Lipinski definition) is 6. The van der Waals surface area contributed by atoms with Crippen molar-refractivity contribution in [2.45, 2.75) is 57.0 Å². The largest absolute Gasteiger partial charge is 0.494 e. The number of halogens is 1. The standard InChI is InChI=1S/C21H28FNO6S/c1-28-19-8-7-15(11-18(19)22)12-21(25)29-13-20(24)23(16-5-3-2-4-6-16)17-9-10-30(26,27)14-17/h7-8,11,16-17H,2-6,9-10,12-14H2,1H3. The van der Waals surface area contributed by atoms with Gasteiger partial charge in [0.15, 0.2) is 28.0 Å². The number of sulfone groups is 1. The van der Waals surface area contributed by atoms with Crippen molar-refractivity contribution in [3.8, 4) is 5.75 Å². The summed E-state index contributed by atoms with van der Waals surface area (Å²) < 4.78 is 47.6. The summed E-state index contributed by atoms with van der Waals surface area (Å²) in [7, 11) is -1.79. The van der Waals surface area contributed by atoms with Gasteiger partial charge in [0.05, 0.1) is 25.0 Å². The van der Waals surface area contributed by atoms with Crippen molar-refractivity contribution in [1.82, 2.24) is 4.90 Å². The molecule has 1 atom stereocenters. The number of ether oxygens (including phenoxy) is 2. The first-order valence-corrected chi connectivity index (χ1v) is 12.1. The Bertz CT molecular complexity index is 881. The molecule has 1 aromatic rings. The van der Waals surface area contributed by atoms with E-state index in [4.69, 9.17) is 9.47 Å². The van der Waals surface area contributed by atoms with E-state index in [9.17, 15) is 22.4 Å². The van der Waals surface area contributed by atoms with Gasteiger partial charge in [-0.3, -0.25) is 9.59 Å². The van der Waals surface area contributed by atoms with Crippen LogP contribution in [0.5, 0.6) is 5.75 Å². The van der Waals surface area contributed by atoms with Gasteiger partial charge in [-0.25, -0.2) is 12.8 Å². The summed E-state index contributed by atoms with van der Waals surface area (Å²) in [5.41, 5.74) is 0.414. The molecule has 7 nitrogen and oxygen atoms in total. The van der Waals surface area contributed by atoms with Crippen LogP contribution in [0.2, 0.25) is 0 Å². The maximum Gasteiger partial charge on any atom is 0.310 e. The first-order chi connectivity index (χ1) is 14.3. The van der Waals surface area contributed by atoms with E-state index in [1.54, 1.807) is 11.0 Å². The molecule has 1 unspecified atom stereocenters. The summed E-state index contributed by atoms with van der Waals surface area (Å²) in [6.07, 6.45) is 5.02. The lowest BCUT2D eigenvalue weighted by atomic mass is 9.93. The minimum absolute atomic E-state index is 0.0149. The molecule has 1 saturated carbocycles. The molecule has 0 radical (unpaired) electrons. The molecular weight excluding hydrogens is 413 g/mol. The highest BCUT2D eigenvalue weighted by atomic mass is 32.2. The number of rotatable bonds is 7. The number of hydrogen-bond donors (Lipinski definition) is 0. The average molecular weight is 442 g/mol. The van der Waals surface area contributed by atoms with Crippen molar-refractivity contribution in [2.75, 3.05) is 25.2 Å². The fraction of sp³-hybridized carbons (Fsp3) is 0.619. The fourth-order valence-electron chi connectivity index (χ4n) is 4.31. The summed E-state index contributed by atoms with van der Waals surface area (Å²) >= 11 is 0. The third-order valence-corrected chi connectivity index (χ3v) is 7.53. The van der Waals surface area contributed by atoms with Gasteiger partial charge in [-0.1, -0.05) is 25.3 Å². The van der Waals surface area contributed by atoms with Crippen molar-refractivity contribution in [1.29, 1.82) is 0 Å². The van der Waals surface area contributed by atoms with Crippen molar-refractivity contribution in [3.05, 3.63) is 29.6 Å². The van der Waals surface area contributed by atoms with Crippen molar-refractivity contribution in [2.24, 2.45) is 0 Å². The molecular formula is C21H28FNO6S. The van der Waals surface area contributed by atoms with E-state index >= 15 is 0 Å². The normalized spacial score (nSPS) is 21.2. The van der Waals surface area contributed by atoms with Crippen LogP contribution in [0.25, 0.3) is 0 Å². The zero-order chi connectivity index (χ0) is 21.7. The number of methoxy groups -OCH3 is 1. The van der Waals surface area contributed by atoms with Gasteiger partial charge in [-0.05, 0) is 37.0 Å². The Balaban J connectivity index is 1.60. The van der Waals surface area contributed by atoms with Crippen LogP contribution in [0, 0.1) is 5.82 Å². The number of carbonyl (C=O) groups is 2. The zero-order valence-corrected chi connectivity index (χ0v) is 18.0. The number of esters is 1. The molecule has 1 saturated heterocycles. The highest BCUT2D eigenvalue weighted by Crippen LogP contribution is 2.28. The Labute approximate surface area is 176 Å². The van der Waals surface area contributed by atoms with Crippen LogP contribution in [0.4, 0.5) is 4.39 Å². The second-order valence-electron chi connectivity index (χ2n) is 7.96. The number of carbonyl (C=O) groups excluding carboxylic acids is 2. The zero-order valence-electron chi connectivity index (χ0n) is 17.1. The second-order valence-corrected chi connectivity index (χ2v) is 10.2. The van der Waals surface area contributed by atoms with E-state index < -0.39 is 28.2 Å². The van der Waals surface area contributed by atoms with Crippen LogP contribution < -0.4 is 4.74 Å². The van der Waals surface area contributed by atoms with E-state index in [1.165, 1.54) is 19.2 Å². The topological polar surface area (TPSA) is 90.0 Å². The van der Waals surface area contributed by atoms with E-state index in [1.807, 2.05) is 0 Å². The quantitative estimate of drug-likeness (QED) is 0.603. The molecule has 3 rings (SSSR count). The molecule has 0 spiro atoms. The maximum absolute atomic E-state index is 13.8. The highest BCUT2D eigenvalue weighted by molar-refractivity contribution is 7.91. The molecule has 2 aliphatic rings. The molecule has 0 bridgehead atoms. The minimum Gasteiger partial charge on any atom is -0.494 e. The molecule has 30 heavy (non-hydrogen) atoms. The monoisotopic (exact) mass is 441 g/mol. The maximum atomic E-state index is 13.8. The Morgan fingerprint density at radius 2 is 1.87 bits per heavy atom. The third-order valence-electron chi connectivity index (χ3n) is 5.78. The van der Waals surface area contributed by atoms with Gasteiger partial charge in [0.1, 0.15) is 0 Å². The van der Waals surface area contributed by atoms with E-state index in [0.717, 1.165) is 32.1 Å². The molecule has 1 amide bonds. The third kappa shape index (κ3) is 5.71. The molecule has 2 fully saturated rings. The average Bonchev–Trinajstić information content (AvgIpc) is 3.07. The van der Waals surface area contributed by atoms with Crippen LogP contribution in [-0.4, -0.2) is 62.5 Å². The minimum atomic E-state index is -3.14. The summed E-state index contributed by atoms with van der Waals surface area (Å²) in [5.74, 6) is -1.46. The van der Waals surface area contributed by atoms with Crippen LogP contribution in [0.1, 0.15) is 44.1 Å². The van der Waals surface area contributed by atoms with Gasteiger partial charge in [-0.15, -0.1) is 0 Å². The summed E-state index contributed by atoms with van der Waals surface area (Å²) in [6.45, 7) is -0.440. The smallest absolute Gasteiger partial charge is 0.310 e. The lowest BCUT2D eigenvalue weighted by Crippen LogP contribution is -2.50. The summed E-state index contributed by atoms with van der Waals surface area (Å²) in [5, 5.41) is 0. The van der Waals surface area contributed by atoms with Gasteiger partial charge in [0, 0.05) is 12.1 Å². The van der Waals surface area contributed by atoms with Crippen molar-refractivity contribution < 1.29 is 31.9 Å². The molecule has 1 heterocycles. The first kappa shape index (κ1) is 22.5. The molecule has 166 valence electrons. The lowest BCUT2D eigenvalue weighted by Gasteiger charge is -2.38. The molecule has 1 aliphatic carbocycles. The van der Waals surface area contributed by atoms with Gasteiger partial charge < -0.3 is 14.4 Å². The lowest BCUT2D eigenvalue weighted by molar-refractivity contribution is -0.154. The van der Waals surface area contributed by atoms with Crippen molar-refractivity contribution in [3.63, 3.8) is 0 Å². The number of benzene rings is 1. The first-order valence-electron chi connectivity index (χ1n) is 10.3. The SMILES string of the molecule is COc1ccc(CC(=O)OCC(=O)N(C2CCCCC2)C2CCS(=O)(=O)C2)cc1F. The van der Waals surface area contributed by atoms with Crippen LogP contribution in [-0.2, 0) is 30.6 Å². The number of amides is 1. The number of nitrogens with zero attached hydrogens (tertiary/aromatic N) is 1. The van der Waals surface area contributed by atoms with E-state index in [2.05, 4.69) is 0 Å². The second kappa shape index (κ2) is 9.76. The van der Waals surface area contributed by atoms with Gasteiger partial charge in [-0.2, -0.15) is 0 Å². The highest BCUT2D eigenvalue weighted by Gasteiger charge is 2.38. The van der Waals surface area contributed by atoms with E-state index in [0.29, 0.717) is 12.0 Å². The van der Waals surface area contributed by atoms with Crippen LogP contribution in [0.3, 0.4) is 0 Å². The predicted octanol–water partition coefficient (Wildman–Crippen LogP) is 2.27. The Morgan fingerprint density at radius 1 is 1.13 bits per heavy atom. The fourth-order valence-corrected chi connectivity index (χ4v) is 6.03.